The van der Waals surface area contributed by atoms with Gasteiger partial charge in [0, 0.05) is 19.8 Å². The molecule has 6 nitrogen and oxygen atoms in total. The Bertz CT molecular complexity index is 364. The van der Waals surface area contributed by atoms with E-state index in [0.717, 1.165) is 5.01 Å². The van der Waals surface area contributed by atoms with Gasteiger partial charge in [0.05, 0.1) is 0 Å². The van der Waals surface area contributed by atoms with Crippen molar-refractivity contribution in [3.63, 3.8) is 0 Å². The lowest BCUT2D eigenvalue weighted by Gasteiger charge is -1.92. The number of rotatable bonds is 5. The number of hydrogen-bond acceptors (Lipinski definition) is 5. The molecule has 0 aliphatic rings. The Morgan fingerprint density at radius 3 is 2.80 bits per heavy atom. The van der Waals surface area contributed by atoms with Gasteiger partial charge in [-0.2, -0.15) is 0 Å². The van der Waals surface area contributed by atoms with E-state index in [0.29, 0.717) is 18.0 Å². The molecule has 0 aliphatic heterocycles. The molecule has 1 amide bonds. The van der Waals surface area contributed by atoms with Crippen molar-refractivity contribution in [1.82, 2.24) is 10.2 Å². The van der Waals surface area contributed by atoms with Gasteiger partial charge in [-0.05, 0) is 6.42 Å². The van der Waals surface area contributed by atoms with E-state index in [1.807, 2.05) is 0 Å². The summed E-state index contributed by atoms with van der Waals surface area (Å²) in [6, 6.07) is 0. The number of aliphatic carboxylic acids is 1. The van der Waals surface area contributed by atoms with Crippen LogP contribution in [0.5, 0.6) is 0 Å². The maximum atomic E-state index is 10.7. The van der Waals surface area contributed by atoms with Crippen LogP contribution in [0.4, 0.5) is 5.13 Å². The molecule has 2 N–H and O–H groups in total. The first-order chi connectivity index (χ1) is 7.08. The highest BCUT2D eigenvalue weighted by Crippen LogP contribution is 2.16. The number of aromatic nitrogens is 2. The number of aryl methyl sites for hydroxylation is 1. The van der Waals surface area contributed by atoms with Gasteiger partial charge in [0.25, 0.3) is 0 Å². The Morgan fingerprint density at radius 2 is 2.20 bits per heavy atom. The van der Waals surface area contributed by atoms with E-state index in [1.54, 1.807) is 0 Å². The van der Waals surface area contributed by atoms with Crippen LogP contribution in [0.1, 0.15) is 24.8 Å². The van der Waals surface area contributed by atoms with Crippen molar-refractivity contribution in [2.45, 2.75) is 26.2 Å². The highest BCUT2D eigenvalue weighted by molar-refractivity contribution is 7.15. The topological polar surface area (TPSA) is 92.2 Å². The quantitative estimate of drug-likeness (QED) is 0.782. The summed E-state index contributed by atoms with van der Waals surface area (Å²) in [6.07, 6.45) is 1.22. The second-order valence-corrected chi connectivity index (χ2v) is 3.99. The highest BCUT2D eigenvalue weighted by Gasteiger charge is 2.05. The molecule has 0 bridgehead atoms. The molecule has 1 rings (SSSR count). The van der Waals surface area contributed by atoms with Crippen molar-refractivity contribution in [2.75, 3.05) is 5.32 Å². The standard InChI is InChI=1S/C8H11N3O3S/c1-5(12)9-8-11-10-6(15-8)3-2-4-7(13)14/h2-4H2,1H3,(H,13,14)(H,9,11,12). The summed E-state index contributed by atoms with van der Waals surface area (Å²) >= 11 is 1.27. The van der Waals surface area contributed by atoms with Crippen LogP contribution in [0.3, 0.4) is 0 Å². The second kappa shape index (κ2) is 5.40. The predicted molar refractivity (Wildman–Crippen MR) is 54.8 cm³/mol. The van der Waals surface area contributed by atoms with E-state index < -0.39 is 5.97 Å². The molecule has 0 atom stereocenters. The number of amides is 1. The van der Waals surface area contributed by atoms with E-state index in [-0.39, 0.29) is 12.3 Å². The van der Waals surface area contributed by atoms with Gasteiger partial charge < -0.3 is 10.4 Å². The van der Waals surface area contributed by atoms with Gasteiger partial charge in [-0.3, -0.25) is 9.59 Å². The Morgan fingerprint density at radius 1 is 1.47 bits per heavy atom. The fraction of sp³-hybridized carbons (Fsp3) is 0.500. The monoisotopic (exact) mass is 229 g/mol. The molecule has 0 saturated heterocycles. The number of carbonyl (C=O) groups excluding carboxylic acids is 1. The zero-order valence-electron chi connectivity index (χ0n) is 8.19. The fourth-order valence-corrected chi connectivity index (χ4v) is 1.77. The van der Waals surface area contributed by atoms with Gasteiger partial charge in [-0.15, -0.1) is 10.2 Å². The molecule has 0 unspecified atom stereocenters. The van der Waals surface area contributed by atoms with Gasteiger partial charge >= 0.3 is 5.97 Å². The number of nitrogens with zero attached hydrogens (tertiary/aromatic N) is 2. The molecule has 15 heavy (non-hydrogen) atoms. The van der Waals surface area contributed by atoms with Gasteiger partial charge in [0.15, 0.2) is 0 Å². The molecule has 0 saturated carbocycles. The first-order valence-electron chi connectivity index (χ1n) is 4.39. The van der Waals surface area contributed by atoms with E-state index in [2.05, 4.69) is 15.5 Å². The van der Waals surface area contributed by atoms with Crippen molar-refractivity contribution in [2.24, 2.45) is 0 Å². The Kier molecular flexibility index (Phi) is 4.17. The predicted octanol–water partition coefficient (Wildman–Crippen LogP) is 0.904. The summed E-state index contributed by atoms with van der Waals surface area (Å²) in [6.45, 7) is 1.39. The van der Waals surface area contributed by atoms with Crippen LogP contribution in [0.15, 0.2) is 0 Å². The van der Waals surface area contributed by atoms with E-state index in [1.165, 1.54) is 18.3 Å². The van der Waals surface area contributed by atoms with E-state index >= 15 is 0 Å². The lowest BCUT2D eigenvalue weighted by atomic mass is 10.2. The molecule has 1 aromatic heterocycles. The van der Waals surface area contributed by atoms with Gasteiger partial charge in [0.2, 0.25) is 11.0 Å². The average molecular weight is 229 g/mol. The van der Waals surface area contributed by atoms with Crippen LogP contribution in [0.25, 0.3) is 0 Å². The van der Waals surface area contributed by atoms with Crippen molar-refractivity contribution in [1.29, 1.82) is 0 Å². The molecule has 1 heterocycles. The van der Waals surface area contributed by atoms with Crippen molar-refractivity contribution in [3.05, 3.63) is 5.01 Å². The third kappa shape index (κ3) is 4.50. The van der Waals surface area contributed by atoms with E-state index in [9.17, 15) is 9.59 Å². The number of anilines is 1. The zero-order valence-corrected chi connectivity index (χ0v) is 9.00. The lowest BCUT2D eigenvalue weighted by molar-refractivity contribution is -0.137. The molecule has 0 radical (unpaired) electrons. The van der Waals surface area contributed by atoms with Crippen LogP contribution in [-0.4, -0.2) is 27.2 Å². The maximum absolute atomic E-state index is 10.7. The Labute approximate surface area is 90.3 Å². The Hall–Kier alpha value is -1.50. The Balaban J connectivity index is 2.39. The van der Waals surface area contributed by atoms with Crippen LogP contribution in [-0.2, 0) is 16.0 Å². The van der Waals surface area contributed by atoms with Gasteiger partial charge in [0.1, 0.15) is 5.01 Å². The van der Waals surface area contributed by atoms with Gasteiger partial charge in [-0.1, -0.05) is 11.3 Å². The fourth-order valence-electron chi connectivity index (χ4n) is 0.947. The molecule has 7 heteroatoms. The molecule has 0 spiro atoms. The van der Waals surface area contributed by atoms with Crippen molar-refractivity contribution < 1.29 is 14.7 Å². The molecule has 0 aliphatic carbocycles. The average Bonchev–Trinajstić information content (AvgIpc) is 2.50. The molecule has 1 aromatic rings. The molecule has 82 valence electrons. The summed E-state index contributed by atoms with van der Waals surface area (Å²) in [5.41, 5.74) is 0. The second-order valence-electron chi connectivity index (χ2n) is 2.93. The van der Waals surface area contributed by atoms with Crippen LogP contribution in [0, 0.1) is 0 Å². The number of hydrogen-bond donors (Lipinski definition) is 2. The summed E-state index contributed by atoms with van der Waals surface area (Å²) in [5.74, 6) is -1.01. The minimum atomic E-state index is -0.818. The largest absolute Gasteiger partial charge is 0.481 e. The molecule has 0 aromatic carbocycles. The number of carboxylic acids is 1. The summed E-state index contributed by atoms with van der Waals surface area (Å²) in [4.78, 5) is 20.9. The van der Waals surface area contributed by atoms with Crippen molar-refractivity contribution in [3.8, 4) is 0 Å². The number of carboxylic acid groups (broad SMARTS) is 1. The number of nitrogens with one attached hydrogen (secondary N) is 1. The molecular weight excluding hydrogens is 218 g/mol. The number of carbonyl (C=O) groups is 2. The van der Waals surface area contributed by atoms with Crippen LogP contribution >= 0.6 is 11.3 Å². The minimum absolute atomic E-state index is 0.120. The molecule has 0 fully saturated rings. The van der Waals surface area contributed by atoms with Crippen LogP contribution < -0.4 is 5.32 Å². The summed E-state index contributed by atoms with van der Waals surface area (Å²) in [7, 11) is 0. The maximum Gasteiger partial charge on any atom is 0.303 e. The zero-order chi connectivity index (χ0) is 11.3. The van der Waals surface area contributed by atoms with E-state index in [4.69, 9.17) is 5.11 Å². The third-order valence-electron chi connectivity index (χ3n) is 1.53. The minimum Gasteiger partial charge on any atom is -0.481 e. The van der Waals surface area contributed by atoms with Crippen molar-refractivity contribution >= 4 is 28.3 Å². The SMILES string of the molecule is CC(=O)Nc1nnc(CCCC(=O)O)s1. The third-order valence-corrected chi connectivity index (χ3v) is 2.43. The smallest absolute Gasteiger partial charge is 0.303 e. The first-order valence-corrected chi connectivity index (χ1v) is 5.21. The van der Waals surface area contributed by atoms with Crippen LogP contribution in [0.2, 0.25) is 0 Å². The summed E-state index contributed by atoms with van der Waals surface area (Å²) in [5, 5.41) is 19.7. The summed E-state index contributed by atoms with van der Waals surface area (Å²) < 4.78 is 0. The first kappa shape index (κ1) is 11.6. The lowest BCUT2D eigenvalue weighted by Crippen LogP contribution is -2.04. The molecular formula is C8H11N3O3S. The normalized spacial score (nSPS) is 9.93. The van der Waals surface area contributed by atoms with Gasteiger partial charge in [-0.25, -0.2) is 0 Å². The highest BCUT2D eigenvalue weighted by atomic mass is 32.1.